The topological polar surface area (TPSA) is 120 Å². The molecular formula is C18H17N3O5. The molecule has 26 heavy (non-hydrogen) atoms. The smallest absolute Gasteiger partial charge is 0.291 e. The monoisotopic (exact) mass is 355 g/mol. The van der Waals surface area contributed by atoms with Gasteiger partial charge in [-0.15, -0.1) is 0 Å². The number of hydrogen-bond donors (Lipinski definition) is 2. The third-order valence-electron chi connectivity index (χ3n) is 4.29. The van der Waals surface area contributed by atoms with Gasteiger partial charge in [0, 0.05) is 11.6 Å². The summed E-state index contributed by atoms with van der Waals surface area (Å²) in [5.41, 5.74) is 6.14. The number of aryl methyl sites for hydroxylation is 1. The lowest BCUT2D eigenvalue weighted by atomic mass is 9.83. The Kier molecular flexibility index (Phi) is 4.22. The lowest BCUT2D eigenvalue weighted by Gasteiger charge is -2.27. The molecule has 0 amide bonds. The molecule has 0 bridgehead atoms. The zero-order valence-electron chi connectivity index (χ0n) is 14.4. The number of rotatable bonds is 3. The predicted octanol–water partition coefficient (Wildman–Crippen LogP) is 1.63. The molecule has 0 saturated heterocycles. The summed E-state index contributed by atoms with van der Waals surface area (Å²) in [6, 6.07) is 8.50. The van der Waals surface area contributed by atoms with Crippen molar-refractivity contribution in [3.8, 4) is 23.3 Å². The molecule has 0 unspecified atom stereocenters. The van der Waals surface area contributed by atoms with Crippen molar-refractivity contribution in [2.24, 2.45) is 5.73 Å². The first-order chi connectivity index (χ1) is 12.4. The molecule has 2 aromatic rings. The Balaban J connectivity index is 2.39. The van der Waals surface area contributed by atoms with Crippen LogP contribution >= 0.6 is 0 Å². The Hall–Kier alpha value is -3.60. The average Bonchev–Trinajstić information content (AvgIpc) is 2.64. The van der Waals surface area contributed by atoms with Crippen LogP contribution in [-0.2, 0) is 0 Å². The molecule has 0 saturated carbocycles. The lowest BCUT2D eigenvalue weighted by molar-refractivity contribution is 0.165. The molecule has 0 fully saturated rings. The average molecular weight is 355 g/mol. The van der Waals surface area contributed by atoms with E-state index in [9.17, 15) is 15.3 Å². The first kappa shape index (κ1) is 17.2. The summed E-state index contributed by atoms with van der Waals surface area (Å²) < 4.78 is 16.6. The number of methoxy groups -OCH3 is 2. The van der Waals surface area contributed by atoms with E-state index in [0.717, 1.165) is 0 Å². The summed E-state index contributed by atoms with van der Waals surface area (Å²) in [5, 5.41) is 19.7. The van der Waals surface area contributed by atoms with E-state index in [-0.39, 0.29) is 28.5 Å². The van der Waals surface area contributed by atoms with Crippen LogP contribution in [-0.4, -0.2) is 24.2 Å². The van der Waals surface area contributed by atoms with Gasteiger partial charge in [0.05, 0.1) is 31.4 Å². The Labute approximate surface area is 149 Å². The maximum atomic E-state index is 12.7. The quantitative estimate of drug-likeness (QED) is 0.803. The van der Waals surface area contributed by atoms with E-state index in [1.54, 1.807) is 25.1 Å². The summed E-state index contributed by atoms with van der Waals surface area (Å²) in [7, 11) is 2.98. The Morgan fingerprint density at radius 2 is 2.04 bits per heavy atom. The van der Waals surface area contributed by atoms with Crippen molar-refractivity contribution in [1.29, 1.82) is 5.26 Å². The van der Waals surface area contributed by atoms with Crippen LogP contribution < -0.4 is 25.5 Å². The Bertz CT molecular complexity index is 1020. The lowest BCUT2D eigenvalue weighted by Crippen LogP contribution is -2.32. The molecule has 0 aliphatic carbocycles. The molecular weight excluding hydrogens is 338 g/mol. The first-order valence-electron chi connectivity index (χ1n) is 7.68. The summed E-state index contributed by atoms with van der Waals surface area (Å²) >= 11 is 0. The molecule has 8 heteroatoms. The number of benzene rings is 1. The van der Waals surface area contributed by atoms with Crippen molar-refractivity contribution in [3.05, 3.63) is 62.9 Å². The van der Waals surface area contributed by atoms with E-state index in [4.69, 9.17) is 19.9 Å². The van der Waals surface area contributed by atoms with E-state index in [2.05, 4.69) is 0 Å². The van der Waals surface area contributed by atoms with Crippen LogP contribution in [0.4, 0.5) is 0 Å². The molecule has 1 aliphatic heterocycles. The number of pyridine rings is 1. The van der Waals surface area contributed by atoms with Crippen molar-refractivity contribution in [2.75, 3.05) is 14.2 Å². The van der Waals surface area contributed by atoms with Crippen molar-refractivity contribution in [2.45, 2.75) is 12.8 Å². The maximum absolute atomic E-state index is 12.7. The molecule has 0 radical (unpaired) electrons. The molecule has 8 nitrogen and oxygen atoms in total. The fraction of sp³-hybridized carbons (Fsp3) is 0.222. The fourth-order valence-electron chi connectivity index (χ4n) is 3.01. The maximum Gasteiger partial charge on any atom is 0.291 e. The van der Waals surface area contributed by atoms with E-state index in [1.807, 2.05) is 6.07 Å². The Morgan fingerprint density at radius 3 is 2.65 bits per heavy atom. The second-order valence-corrected chi connectivity index (χ2v) is 5.71. The van der Waals surface area contributed by atoms with Crippen LogP contribution in [0.2, 0.25) is 0 Å². The van der Waals surface area contributed by atoms with Gasteiger partial charge in [-0.25, -0.2) is 0 Å². The second kappa shape index (κ2) is 6.37. The number of fused-ring (bicyclic) bond motifs is 1. The highest BCUT2D eigenvalue weighted by molar-refractivity contribution is 5.59. The van der Waals surface area contributed by atoms with Crippen molar-refractivity contribution in [3.63, 3.8) is 0 Å². The summed E-state index contributed by atoms with van der Waals surface area (Å²) in [5.74, 6) is 0.156. The van der Waals surface area contributed by atoms with Gasteiger partial charge in [0.2, 0.25) is 5.88 Å². The Morgan fingerprint density at radius 1 is 1.31 bits per heavy atom. The number of nitriles is 1. The largest absolute Gasteiger partial charge is 0.497 e. The highest BCUT2D eigenvalue weighted by Gasteiger charge is 2.36. The molecule has 1 aromatic heterocycles. The highest BCUT2D eigenvalue weighted by Crippen LogP contribution is 2.44. The minimum atomic E-state index is -0.875. The minimum absolute atomic E-state index is 0.0463. The first-order valence-corrected chi connectivity index (χ1v) is 7.68. The molecule has 134 valence electrons. The van der Waals surface area contributed by atoms with Crippen LogP contribution in [0.15, 0.2) is 40.5 Å². The summed E-state index contributed by atoms with van der Waals surface area (Å²) in [6.07, 6.45) is 0. The third-order valence-corrected chi connectivity index (χ3v) is 4.29. The van der Waals surface area contributed by atoms with Crippen LogP contribution in [0.1, 0.15) is 22.7 Å². The van der Waals surface area contributed by atoms with Gasteiger partial charge in [0.1, 0.15) is 28.9 Å². The van der Waals surface area contributed by atoms with Gasteiger partial charge in [-0.05, 0) is 25.1 Å². The molecule has 1 aromatic carbocycles. The van der Waals surface area contributed by atoms with Gasteiger partial charge < -0.3 is 25.2 Å². The normalized spacial score (nSPS) is 15.7. The highest BCUT2D eigenvalue weighted by atomic mass is 16.5. The predicted molar refractivity (Wildman–Crippen MR) is 91.5 cm³/mol. The van der Waals surface area contributed by atoms with Crippen LogP contribution in [0.5, 0.6) is 17.2 Å². The van der Waals surface area contributed by atoms with Crippen LogP contribution in [0.3, 0.4) is 0 Å². The van der Waals surface area contributed by atoms with E-state index >= 15 is 0 Å². The van der Waals surface area contributed by atoms with Gasteiger partial charge in [-0.3, -0.25) is 4.79 Å². The number of nitrogens with two attached hydrogens (primary N) is 1. The minimum Gasteiger partial charge on any atom is -0.497 e. The second-order valence-electron chi connectivity index (χ2n) is 5.71. The van der Waals surface area contributed by atoms with Crippen molar-refractivity contribution in [1.82, 2.24) is 4.73 Å². The molecule has 3 N–H and O–H groups in total. The number of hydrogen-bond acceptors (Lipinski definition) is 7. The molecule has 1 atom stereocenters. The van der Waals surface area contributed by atoms with E-state index < -0.39 is 11.5 Å². The van der Waals surface area contributed by atoms with Gasteiger partial charge in [0.25, 0.3) is 5.56 Å². The van der Waals surface area contributed by atoms with E-state index in [1.165, 1.54) is 20.3 Å². The van der Waals surface area contributed by atoms with Gasteiger partial charge in [-0.2, -0.15) is 9.99 Å². The fourth-order valence-corrected chi connectivity index (χ4v) is 3.01. The molecule has 2 heterocycles. The molecule has 3 rings (SSSR count). The molecule has 0 spiro atoms. The third kappa shape index (κ3) is 2.50. The zero-order chi connectivity index (χ0) is 19.0. The summed E-state index contributed by atoms with van der Waals surface area (Å²) in [6.45, 7) is 1.55. The van der Waals surface area contributed by atoms with Crippen LogP contribution in [0.25, 0.3) is 0 Å². The van der Waals surface area contributed by atoms with Gasteiger partial charge in [0.15, 0.2) is 0 Å². The van der Waals surface area contributed by atoms with Gasteiger partial charge in [-0.1, -0.05) is 0 Å². The standard InChI is InChI=1S/C18H17N3O5/c1-9-6-14-16(18(22)21(9)23)15(12(8-19)17(20)26-14)11-7-10(24-2)4-5-13(11)25-3/h4-7,15,23H,20H2,1-3H3/t15-/m1/s1. The number of ether oxygens (including phenoxy) is 3. The summed E-state index contributed by atoms with van der Waals surface area (Å²) in [4.78, 5) is 12.7. The number of allylic oxidation sites excluding steroid dienone is 1. The van der Waals surface area contributed by atoms with Crippen LogP contribution in [0, 0.1) is 18.3 Å². The number of nitrogens with zero attached hydrogens (tertiary/aromatic N) is 2. The molecule has 1 aliphatic rings. The SMILES string of the molecule is COc1ccc(OC)c([C@@H]2C(C#N)=C(N)Oc3cc(C)n(O)c(=O)c32)c1. The van der Waals surface area contributed by atoms with E-state index in [0.29, 0.717) is 21.8 Å². The van der Waals surface area contributed by atoms with Crippen molar-refractivity contribution >= 4 is 0 Å². The number of aromatic nitrogens is 1. The van der Waals surface area contributed by atoms with Gasteiger partial charge >= 0.3 is 0 Å². The van der Waals surface area contributed by atoms with Crippen molar-refractivity contribution < 1.29 is 19.4 Å². The zero-order valence-corrected chi connectivity index (χ0v) is 14.4.